The lowest BCUT2D eigenvalue weighted by Crippen LogP contribution is -2.20. The molecular weight excluding hydrogens is 404 g/mol. The Hall–Kier alpha value is -4.70. The minimum atomic E-state index is -0.322. The number of hydrogen-bond donors (Lipinski definition) is 0. The van der Waals surface area contributed by atoms with Crippen LogP contribution in [0.3, 0.4) is 0 Å². The number of hydrogen-bond acceptors (Lipinski definition) is 6. The van der Waals surface area contributed by atoms with Crippen molar-refractivity contribution in [3.63, 3.8) is 0 Å². The fraction of sp³-hybridized carbons (Fsp3) is 0.0400. The average molecular weight is 420 g/mol. The summed E-state index contributed by atoms with van der Waals surface area (Å²) in [4.78, 5) is 18.0. The summed E-state index contributed by atoms with van der Waals surface area (Å²) in [6.45, 7) is -0.0907. The summed E-state index contributed by atoms with van der Waals surface area (Å²) < 4.78 is 12.7. The molecule has 0 aliphatic carbocycles. The third-order valence-electron chi connectivity index (χ3n) is 4.92. The average Bonchev–Trinajstić information content (AvgIpc) is 3.27. The van der Waals surface area contributed by atoms with E-state index < -0.39 is 0 Å². The molecule has 0 atom stereocenters. The van der Waals surface area contributed by atoms with Crippen LogP contribution in [-0.2, 0) is 0 Å². The molecule has 32 heavy (non-hydrogen) atoms. The maximum Gasteiger partial charge on any atom is 0.282 e. The number of furan rings is 1. The van der Waals surface area contributed by atoms with Crippen molar-refractivity contribution >= 4 is 28.1 Å². The van der Waals surface area contributed by atoms with E-state index in [1.165, 1.54) is 10.9 Å². The standard InChI is InChI=1S/C25H16N4O3/c26-13-14-31-21-11-5-2-8-18(21)16-27-29-24(23-15-17-7-1-6-12-22(17)32-23)28-20-10-4-3-9-19(20)25(29)30/h1-12,15-16H,14H2. The highest BCUT2D eigenvalue weighted by Gasteiger charge is 2.16. The second-order valence-electron chi connectivity index (χ2n) is 6.95. The van der Waals surface area contributed by atoms with Gasteiger partial charge in [-0.2, -0.15) is 15.0 Å². The number of ether oxygens (including phenoxy) is 1. The van der Waals surface area contributed by atoms with Crippen LogP contribution >= 0.6 is 0 Å². The van der Waals surface area contributed by atoms with Crippen molar-refractivity contribution in [2.75, 3.05) is 6.61 Å². The molecular formula is C25H16N4O3. The highest BCUT2D eigenvalue weighted by Crippen LogP contribution is 2.27. The summed E-state index contributed by atoms with van der Waals surface area (Å²) >= 11 is 0. The minimum Gasteiger partial charge on any atom is -0.478 e. The fourth-order valence-electron chi connectivity index (χ4n) is 3.43. The molecule has 0 N–H and O–H groups in total. The Balaban J connectivity index is 1.69. The molecule has 2 aromatic heterocycles. The third kappa shape index (κ3) is 3.50. The molecule has 5 aromatic rings. The van der Waals surface area contributed by atoms with Crippen LogP contribution in [0, 0.1) is 11.3 Å². The molecule has 0 amide bonds. The van der Waals surface area contributed by atoms with E-state index in [9.17, 15) is 4.79 Å². The molecule has 0 aliphatic heterocycles. The van der Waals surface area contributed by atoms with Gasteiger partial charge in [-0.25, -0.2) is 4.98 Å². The molecule has 5 rings (SSSR count). The fourth-order valence-corrected chi connectivity index (χ4v) is 3.43. The second-order valence-corrected chi connectivity index (χ2v) is 6.95. The van der Waals surface area contributed by atoms with E-state index in [-0.39, 0.29) is 18.0 Å². The summed E-state index contributed by atoms with van der Waals surface area (Å²) in [5.74, 6) is 1.21. The van der Waals surface area contributed by atoms with Gasteiger partial charge >= 0.3 is 0 Å². The van der Waals surface area contributed by atoms with Crippen LogP contribution in [0.5, 0.6) is 5.75 Å². The normalized spacial score (nSPS) is 11.2. The van der Waals surface area contributed by atoms with Crippen molar-refractivity contribution in [3.8, 4) is 23.4 Å². The van der Waals surface area contributed by atoms with E-state index in [1.807, 2.05) is 48.5 Å². The Morgan fingerprint density at radius 1 is 1.06 bits per heavy atom. The maximum atomic E-state index is 13.3. The van der Waals surface area contributed by atoms with Crippen molar-refractivity contribution in [3.05, 3.63) is 94.8 Å². The maximum absolute atomic E-state index is 13.3. The van der Waals surface area contributed by atoms with Gasteiger partial charge in [0.2, 0.25) is 5.82 Å². The summed E-state index contributed by atoms with van der Waals surface area (Å²) in [6, 6.07) is 25.6. The smallest absolute Gasteiger partial charge is 0.282 e. The number of nitrogens with zero attached hydrogens (tertiary/aromatic N) is 4. The highest BCUT2D eigenvalue weighted by molar-refractivity contribution is 5.85. The number of rotatable bonds is 5. The number of benzene rings is 3. The van der Waals surface area contributed by atoms with Crippen molar-refractivity contribution in [2.24, 2.45) is 5.10 Å². The van der Waals surface area contributed by atoms with Crippen LogP contribution in [0.4, 0.5) is 0 Å². The van der Waals surface area contributed by atoms with Crippen LogP contribution in [0.2, 0.25) is 0 Å². The predicted molar refractivity (Wildman–Crippen MR) is 122 cm³/mol. The van der Waals surface area contributed by atoms with Gasteiger partial charge in [-0.3, -0.25) is 4.79 Å². The Morgan fingerprint density at radius 2 is 1.84 bits per heavy atom. The van der Waals surface area contributed by atoms with Crippen LogP contribution in [-0.4, -0.2) is 22.5 Å². The molecule has 3 aromatic carbocycles. The van der Waals surface area contributed by atoms with E-state index in [2.05, 4.69) is 10.1 Å². The number of aromatic nitrogens is 2. The molecule has 0 saturated carbocycles. The summed E-state index contributed by atoms with van der Waals surface area (Å²) in [6.07, 6.45) is 1.51. The number of fused-ring (bicyclic) bond motifs is 2. The van der Waals surface area contributed by atoms with Crippen LogP contribution < -0.4 is 10.3 Å². The van der Waals surface area contributed by atoms with E-state index in [0.29, 0.717) is 33.6 Å². The van der Waals surface area contributed by atoms with Gasteiger partial charge in [0.05, 0.1) is 17.1 Å². The van der Waals surface area contributed by atoms with Gasteiger partial charge in [0.25, 0.3) is 5.56 Å². The SMILES string of the molecule is N#CCOc1ccccc1C=Nn1c(-c2cc3ccccc3o2)nc2ccccc2c1=O. The summed E-state index contributed by atoms with van der Waals surface area (Å²) in [5, 5.41) is 14.6. The van der Waals surface area contributed by atoms with Gasteiger partial charge in [0.15, 0.2) is 12.4 Å². The van der Waals surface area contributed by atoms with Gasteiger partial charge in [-0.05, 0) is 36.4 Å². The molecule has 0 saturated heterocycles. The first-order valence-electron chi connectivity index (χ1n) is 9.88. The molecule has 7 nitrogen and oxygen atoms in total. The molecule has 0 bridgehead atoms. The lowest BCUT2D eigenvalue weighted by atomic mass is 10.2. The summed E-state index contributed by atoms with van der Waals surface area (Å²) in [5.41, 5.74) is 1.55. The first-order chi connectivity index (χ1) is 15.7. The van der Waals surface area contributed by atoms with E-state index in [4.69, 9.17) is 14.4 Å². The molecule has 0 aliphatic rings. The van der Waals surface area contributed by atoms with Crippen molar-refractivity contribution in [1.82, 2.24) is 9.66 Å². The van der Waals surface area contributed by atoms with Crippen LogP contribution in [0.15, 0.2) is 93.2 Å². The first kappa shape index (κ1) is 19.3. The zero-order valence-electron chi connectivity index (χ0n) is 16.8. The monoisotopic (exact) mass is 420 g/mol. The van der Waals surface area contributed by atoms with E-state index >= 15 is 0 Å². The van der Waals surface area contributed by atoms with Gasteiger partial charge in [0, 0.05) is 10.9 Å². The Morgan fingerprint density at radius 3 is 2.72 bits per heavy atom. The Labute approximate surface area is 182 Å². The van der Waals surface area contributed by atoms with Crippen molar-refractivity contribution < 1.29 is 9.15 Å². The first-order valence-corrected chi connectivity index (χ1v) is 9.88. The van der Waals surface area contributed by atoms with Crippen molar-refractivity contribution in [2.45, 2.75) is 0 Å². The molecule has 0 radical (unpaired) electrons. The molecule has 0 spiro atoms. The van der Waals surface area contributed by atoms with Gasteiger partial charge in [-0.15, -0.1) is 0 Å². The van der Waals surface area contributed by atoms with E-state index in [0.717, 1.165) is 5.39 Å². The minimum absolute atomic E-state index is 0.0907. The quantitative estimate of drug-likeness (QED) is 0.388. The Kier molecular flexibility index (Phi) is 4.94. The third-order valence-corrected chi connectivity index (χ3v) is 4.92. The molecule has 0 unspecified atom stereocenters. The van der Waals surface area contributed by atoms with Crippen molar-refractivity contribution in [1.29, 1.82) is 5.26 Å². The second kappa shape index (κ2) is 8.20. The Bertz CT molecular complexity index is 1540. The molecule has 2 heterocycles. The predicted octanol–water partition coefficient (Wildman–Crippen LogP) is 4.59. The van der Waals surface area contributed by atoms with E-state index in [1.54, 1.807) is 36.4 Å². The number of para-hydroxylation sites is 3. The molecule has 154 valence electrons. The van der Waals surface area contributed by atoms with Gasteiger partial charge in [0.1, 0.15) is 17.4 Å². The largest absolute Gasteiger partial charge is 0.478 e. The topological polar surface area (TPSA) is 93.4 Å². The zero-order chi connectivity index (χ0) is 21.9. The molecule has 7 heteroatoms. The van der Waals surface area contributed by atoms with Gasteiger partial charge in [-0.1, -0.05) is 42.5 Å². The van der Waals surface area contributed by atoms with Crippen LogP contribution in [0.25, 0.3) is 33.5 Å². The lowest BCUT2D eigenvalue weighted by molar-refractivity contribution is 0.367. The van der Waals surface area contributed by atoms with Gasteiger partial charge < -0.3 is 9.15 Å². The highest BCUT2D eigenvalue weighted by atomic mass is 16.5. The number of nitriles is 1. The van der Waals surface area contributed by atoms with Crippen LogP contribution in [0.1, 0.15) is 5.56 Å². The summed E-state index contributed by atoms with van der Waals surface area (Å²) in [7, 11) is 0. The zero-order valence-corrected chi connectivity index (χ0v) is 16.8. The lowest BCUT2D eigenvalue weighted by Gasteiger charge is -2.08. The molecule has 0 fully saturated rings.